The fourth-order valence-corrected chi connectivity index (χ4v) is 1.66. The molecular formula is C11H19N5O2. The lowest BCUT2D eigenvalue weighted by Gasteiger charge is -2.29. The lowest BCUT2D eigenvalue weighted by Crippen LogP contribution is -2.35. The van der Waals surface area contributed by atoms with E-state index in [0.717, 1.165) is 6.20 Å². The van der Waals surface area contributed by atoms with E-state index in [-0.39, 0.29) is 23.5 Å². The number of nitrogens with zero attached hydrogens (tertiary/aromatic N) is 4. The molecule has 0 fully saturated rings. The maximum Gasteiger partial charge on any atom is 0.329 e. The Kier molecular flexibility index (Phi) is 4.41. The highest BCUT2D eigenvalue weighted by Gasteiger charge is 2.24. The van der Waals surface area contributed by atoms with Crippen LogP contribution in [0, 0.1) is 16.0 Å². The molecule has 7 nitrogen and oxygen atoms in total. The van der Waals surface area contributed by atoms with Gasteiger partial charge in [0.25, 0.3) is 0 Å². The molecule has 0 bridgehead atoms. The van der Waals surface area contributed by atoms with Crippen LogP contribution in [0.25, 0.3) is 0 Å². The zero-order valence-corrected chi connectivity index (χ0v) is 11.1. The largest absolute Gasteiger partial charge is 0.368 e. The minimum absolute atomic E-state index is 0.0463. The monoisotopic (exact) mass is 253 g/mol. The predicted molar refractivity (Wildman–Crippen MR) is 70.4 cm³/mol. The van der Waals surface area contributed by atoms with Gasteiger partial charge in [0.1, 0.15) is 6.20 Å². The zero-order valence-electron chi connectivity index (χ0n) is 11.1. The molecular weight excluding hydrogens is 234 g/mol. The lowest BCUT2D eigenvalue weighted by molar-refractivity contribution is -0.384. The second-order valence-corrected chi connectivity index (χ2v) is 4.83. The van der Waals surface area contributed by atoms with Crippen molar-refractivity contribution in [3.63, 3.8) is 0 Å². The first-order valence-corrected chi connectivity index (χ1v) is 5.86. The van der Waals surface area contributed by atoms with E-state index in [0.29, 0.717) is 12.5 Å². The van der Waals surface area contributed by atoms with E-state index >= 15 is 0 Å². The molecule has 7 heteroatoms. The van der Waals surface area contributed by atoms with Crippen LogP contribution in [0.3, 0.4) is 0 Å². The topological polar surface area (TPSA) is 98.2 Å². The molecule has 0 amide bonds. The van der Waals surface area contributed by atoms with E-state index in [1.165, 1.54) is 0 Å². The van der Waals surface area contributed by atoms with Gasteiger partial charge in [-0.3, -0.25) is 10.1 Å². The normalized spacial score (nSPS) is 11.0. The van der Waals surface area contributed by atoms with Gasteiger partial charge in [0.05, 0.1) is 4.92 Å². The minimum atomic E-state index is -0.482. The summed E-state index contributed by atoms with van der Waals surface area (Å²) in [5.74, 6) is 0.699. The van der Waals surface area contributed by atoms with E-state index in [4.69, 9.17) is 5.73 Å². The molecule has 2 N–H and O–H groups in total. The van der Waals surface area contributed by atoms with Gasteiger partial charge in [0.2, 0.25) is 11.8 Å². The summed E-state index contributed by atoms with van der Waals surface area (Å²) in [6, 6.07) is 0.0976. The first-order valence-electron chi connectivity index (χ1n) is 5.86. The molecule has 100 valence electrons. The lowest BCUT2D eigenvalue weighted by atomic mass is 10.1. The highest BCUT2D eigenvalue weighted by molar-refractivity contribution is 5.58. The molecule has 1 heterocycles. The van der Waals surface area contributed by atoms with Crippen molar-refractivity contribution in [3.05, 3.63) is 16.3 Å². The van der Waals surface area contributed by atoms with E-state index in [1.807, 2.05) is 32.6 Å². The van der Waals surface area contributed by atoms with Crippen molar-refractivity contribution in [2.24, 2.45) is 5.92 Å². The van der Waals surface area contributed by atoms with Crippen LogP contribution in [-0.2, 0) is 0 Å². The third kappa shape index (κ3) is 3.28. The summed E-state index contributed by atoms with van der Waals surface area (Å²) in [5.41, 5.74) is 5.41. The Labute approximate surface area is 106 Å². The molecule has 0 atom stereocenters. The maximum atomic E-state index is 11.0. The van der Waals surface area contributed by atoms with Crippen molar-refractivity contribution >= 4 is 17.5 Å². The van der Waals surface area contributed by atoms with Crippen LogP contribution < -0.4 is 10.6 Å². The summed E-state index contributed by atoms with van der Waals surface area (Å²) in [6.07, 6.45) is 1.16. The van der Waals surface area contributed by atoms with Crippen molar-refractivity contribution in [1.29, 1.82) is 0 Å². The van der Waals surface area contributed by atoms with Gasteiger partial charge in [-0.1, -0.05) is 13.8 Å². The molecule has 0 saturated carbocycles. The first kappa shape index (κ1) is 14.1. The molecule has 0 saturated heterocycles. The molecule has 1 aromatic heterocycles. The van der Waals surface area contributed by atoms with Gasteiger partial charge in [-0.05, 0) is 19.8 Å². The molecule has 18 heavy (non-hydrogen) atoms. The summed E-state index contributed by atoms with van der Waals surface area (Å²) >= 11 is 0. The molecule has 0 aliphatic rings. The molecule has 0 spiro atoms. The average Bonchev–Trinajstić information content (AvgIpc) is 2.24. The molecule has 1 rings (SSSR count). The Hall–Kier alpha value is -1.92. The summed E-state index contributed by atoms with van der Waals surface area (Å²) in [6.45, 7) is 8.70. The fourth-order valence-electron chi connectivity index (χ4n) is 1.66. The number of aromatic nitrogens is 2. The van der Waals surface area contributed by atoms with Gasteiger partial charge >= 0.3 is 5.69 Å². The Balaban J connectivity index is 3.25. The number of hydrogen-bond acceptors (Lipinski definition) is 6. The van der Waals surface area contributed by atoms with Crippen LogP contribution >= 0.6 is 0 Å². The van der Waals surface area contributed by atoms with Crippen molar-refractivity contribution in [2.75, 3.05) is 17.2 Å². The summed E-state index contributed by atoms with van der Waals surface area (Å²) in [5, 5.41) is 11.0. The van der Waals surface area contributed by atoms with Crippen molar-refractivity contribution in [3.8, 4) is 0 Å². The first-order chi connectivity index (χ1) is 8.32. The average molecular weight is 253 g/mol. The van der Waals surface area contributed by atoms with Gasteiger partial charge in [-0.15, -0.1) is 0 Å². The molecule has 1 aromatic rings. The Morgan fingerprint density at radius 3 is 2.50 bits per heavy atom. The maximum absolute atomic E-state index is 11.0. The van der Waals surface area contributed by atoms with Gasteiger partial charge in [-0.2, -0.15) is 4.98 Å². The SMILES string of the molecule is CC(C)CN(c1nc(N)ncc1[N+](=O)[O-])C(C)C. The van der Waals surface area contributed by atoms with Crippen molar-refractivity contribution in [2.45, 2.75) is 33.7 Å². The van der Waals surface area contributed by atoms with Crippen molar-refractivity contribution in [1.82, 2.24) is 9.97 Å². The van der Waals surface area contributed by atoms with E-state index in [9.17, 15) is 10.1 Å². The van der Waals surface area contributed by atoms with Crippen LogP contribution in [-0.4, -0.2) is 27.5 Å². The van der Waals surface area contributed by atoms with Crippen LogP contribution in [0.4, 0.5) is 17.5 Å². The predicted octanol–water partition coefficient (Wildman–Crippen LogP) is 1.84. The van der Waals surface area contributed by atoms with E-state index in [1.54, 1.807) is 0 Å². The number of hydrogen-bond donors (Lipinski definition) is 1. The van der Waals surface area contributed by atoms with Crippen LogP contribution in [0.5, 0.6) is 0 Å². The Morgan fingerprint density at radius 2 is 2.06 bits per heavy atom. The molecule has 0 aliphatic carbocycles. The molecule has 0 aliphatic heterocycles. The number of rotatable bonds is 5. The molecule has 0 radical (unpaired) electrons. The Bertz CT molecular complexity index is 433. The third-order valence-corrected chi connectivity index (χ3v) is 2.42. The van der Waals surface area contributed by atoms with Gasteiger partial charge in [0.15, 0.2) is 0 Å². The van der Waals surface area contributed by atoms with Crippen LogP contribution in [0.2, 0.25) is 0 Å². The Morgan fingerprint density at radius 1 is 1.44 bits per heavy atom. The van der Waals surface area contributed by atoms with Gasteiger partial charge in [-0.25, -0.2) is 4.98 Å². The van der Waals surface area contributed by atoms with Gasteiger partial charge in [0, 0.05) is 12.6 Å². The number of anilines is 2. The molecule has 0 unspecified atom stereocenters. The number of nitro groups is 1. The minimum Gasteiger partial charge on any atom is -0.368 e. The van der Waals surface area contributed by atoms with Crippen molar-refractivity contribution < 1.29 is 4.92 Å². The van der Waals surface area contributed by atoms with E-state index < -0.39 is 4.92 Å². The smallest absolute Gasteiger partial charge is 0.329 e. The second-order valence-electron chi connectivity index (χ2n) is 4.83. The summed E-state index contributed by atoms with van der Waals surface area (Å²) in [4.78, 5) is 20.1. The number of nitrogens with two attached hydrogens (primary N) is 1. The van der Waals surface area contributed by atoms with Gasteiger partial charge < -0.3 is 10.6 Å². The standard InChI is InChI=1S/C11H19N5O2/c1-7(2)6-15(8(3)4)10-9(16(17)18)5-13-11(12)14-10/h5,7-8H,6H2,1-4H3,(H2,12,13,14). The quantitative estimate of drug-likeness (QED) is 0.635. The zero-order chi connectivity index (χ0) is 13.9. The summed E-state index contributed by atoms with van der Waals surface area (Å²) in [7, 11) is 0. The highest BCUT2D eigenvalue weighted by Crippen LogP contribution is 2.27. The number of nitrogen functional groups attached to an aromatic ring is 1. The van der Waals surface area contributed by atoms with Crippen LogP contribution in [0.15, 0.2) is 6.20 Å². The summed E-state index contributed by atoms with van der Waals surface area (Å²) < 4.78 is 0. The highest BCUT2D eigenvalue weighted by atomic mass is 16.6. The van der Waals surface area contributed by atoms with E-state index in [2.05, 4.69) is 9.97 Å². The fraction of sp³-hybridized carbons (Fsp3) is 0.636. The van der Waals surface area contributed by atoms with Crippen LogP contribution in [0.1, 0.15) is 27.7 Å². The second kappa shape index (κ2) is 5.61. The molecule has 0 aromatic carbocycles. The third-order valence-electron chi connectivity index (χ3n) is 2.42.